The number of benzene rings is 1. The molecule has 1 heterocycles. The third kappa shape index (κ3) is 3.31. The van der Waals surface area contributed by atoms with Gasteiger partial charge in [-0.3, -0.25) is 0 Å². The summed E-state index contributed by atoms with van der Waals surface area (Å²) in [5.74, 6) is 0. The van der Waals surface area contributed by atoms with Crippen molar-refractivity contribution >= 4 is 27.0 Å². The van der Waals surface area contributed by atoms with E-state index < -0.39 is 10.0 Å². The lowest BCUT2D eigenvalue weighted by molar-refractivity contribution is 0.582. The fourth-order valence-electron chi connectivity index (χ4n) is 1.64. The highest BCUT2D eigenvalue weighted by Crippen LogP contribution is 2.20. The lowest BCUT2D eigenvalue weighted by Crippen LogP contribution is -2.23. The number of nitrogens with zero attached hydrogens (tertiary/aromatic N) is 1. The van der Waals surface area contributed by atoms with Crippen LogP contribution in [0, 0.1) is 6.92 Å². The quantitative estimate of drug-likeness (QED) is 0.885. The van der Waals surface area contributed by atoms with Crippen LogP contribution in [0.25, 0.3) is 0 Å². The second-order valence-corrected chi connectivity index (χ2v) is 6.97. The Labute approximate surface area is 116 Å². The number of anilines is 1. The first-order chi connectivity index (χ1) is 9.03. The van der Waals surface area contributed by atoms with Gasteiger partial charge in [0.1, 0.15) is 4.90 Å². The van der Waals surface area contributed by atoms with Crippen molar-refractivity contribution in [3.8, 4) is 0 Å². The fraction of sp³-hybridized carbons (Fsp3) is 0.250. The summed E-state index contributed by atoms with van der Waals surface area (Å²) in [7, 11) is -1.83. The predicted molar refractivity (Wildman–Crippen MR) is 76.9 cm³/mol. The number of hydrogen-bond acceptors (Lipinski definition) is 5. The average molecular weight is 297 g/mol. The Hall–Kier alpha value is -1.44. The molecule has 102 valence electrons. The summed E-state index contributed by atoms with van der Waals surface area (Å²) >= 11 is 1.48. The van der Waals surface area contributed by atoms with E-state index in [1.807, 2.05) is 6.92 Å². The van der Waals surface area contributed by atoms with Crippen LogP contribution in [0.5, 0.6) is 0 Å². The van der Waals surface area contributed by atoms with Gasteiger partial charge in [-0.05, 0) is 19.1 Å². The molecule has 0 saturated carbocycles. The molecule has 0 amide bonds. The van der Waals surface area contributed by atoms with Gasteiger partial charge in [0.2, 0.25) is 10.0 Å². The van der Waals surface area contributed by atoms with Crippen molar-refractivity contribution in [2.75, 3.05) is 12.4 Å². The summed E-state index contributed by atoms with van der Waals surface area (Å²) in [5, 5.41) is 3.80. The highest BCUT2D eigenvalue weighted by Gasteiger charge is 2.17. The summed E-state index contributed by atoms with van der Waals surface area (Å²) in [6.45, 7) is 2.14. The third-order valence-corrected chi connectivity index (χ3v) is 4.92. The van der Waals surface area contributed by atoms with Crippen LogP contribution in [0.15, 0.2) is 35.4 Å². The minimum atomic E-state index is -3.53. The van der Waals surface area contributed by atoms with Crippen molar-refractivity contribution in [2.45, 2.75) is 18.4 Å². The van der Waals surface area contributed by atoms with Gasteiger partial charge in [-0.25, -0.2) is 18.1 Å². The van der Waals surface area contributed by atoms with Gasteiger partial charge in [-0.2, -0.15) is 0 Å². The molecular formula is C12H15N3O2S2. The summed E-state index contributed by atoms with van der Waals surface area (Å²) in [6, 6.07) is 6.79. The Bertz CT molecular complexity index is 665. The van der Waals surface area contributed by atoms with Crippen LogP contribution in [0.3, 0.4) is 0 Å². The number of rotatable bonds is 5. The van der Waals surface area contributed by atoms with Crippen LogP contribution in [-0.4, -0.2) is 20.4 Å². The molecule has 0 aliphatic heterocycles. The fourth-order valence-corrected chi connectivity index (χ4v) is 3.68. The summed E-state index contributed by atoms with van der Waals surface area (Å²) in [6.07, 6.45) is 1.69. The molecule has 19 heavy (non-hydrogen) atoms. The average Bonchev–Trinajstić information content (AvgIpc) is 2.82. The molecule has 7 heteroatoms. The molecule has 2 aromatic rings. The van der Waals surface area contributed by atoms with Gasteiger partial charge >= 0.3 is 0 Å². The number of thiazole rings is 1. The zero-order valence-electron chi connectivity index (χ0n) is 10.7. The normalized spacial score (nSPS) is 11.5. The molecular weight excluding hydrogens is 282 g/mol. The number of hydrogen-bond donors (Lipinski definition) is 2. The van der Waals surface area contributed by atoms with E-state index in [1.54, 1.807) is 37.5 Å². The lowest BCUT2D eigenvalue weighted by Gasteiger charge is -2.10. The van der Waals surface area contributed by atoms with Crippen molar-refractivity contribution in [2.24, 2.45) is 0 Å². The van der Waals surface area contributed by atoms with E-state index in [1.165, 1.54) is 11.3 Å². The third-order valence-electron chi connectivity index (χ3n) is 2.55. The smallest absolute Gasteiger partial charge is 0.242 e. The Kier molecular flexibility index (Phi) is 4.18. The van der Waals surface area contributed by atoms with Crippen molar-refractivity contribution < 1.29 is 8.42 Å². The van der Waals surface area contributed by atoms with Gasteiger partial charge in [0.05, 0.1) is 10.7 Å². The standard InChI is InChI=1S/C12H15N3O2S2/c1-9-14-7-10(18-9)8-15-19(16,17)12-6-4-3-5-11(12)13-2/h3-7,13,15H,8H2,1-2H3. The SMILES string of the molecule is CNc1ccccc1S(=O)(=O)NCc1cnc(C)s1. The summed E-state index contributed by atoms with van der Waals surface area (Å²) < 4.78 is 27.0. The minimum Gasteiger partial charge on any atom is -0.387 e. The van der Waals surface area contributed by atoms with Crippen LogP contribution < -0.4 is 10.0 Å². The number of aromatic nitrogens is 1. The van der Waals surface area contributed by atoms with E-state index in [9.17, 15) is 8.42 Å². The Morgan fingerprint density at radius 3 is 2.68 bits per heavy atom. The second kappa shape index (κ2) is 5.68. The van der Waals surface area contributed by atoms with Crippen LogP contribution >= 0.6 is 11.3 Å². The maximum Gasteiger partial charge on any atom is 0.242 e. The van der Waals surface area contributed by atoms with Gasteiger partial charge in [-0.1, -0.05) is 12.1 Å². The Morgan fingerprint density at radius 1 is 1.32 bits per heavy atom. The van der Waals surface area contributed by atoms with Crippen molar-refractivity contribution in [1.82, 2.24) is 9.71 Å². The number of nitrogens with one attached hydrogen (secondary N) is 2. The lowest BCUT2D eigenvalue weighted by atomic mass is 10.3. The largest absolute Gasteiger partial charge is 0.387 e. The van der Waals surface area contributed by atoms with Crippen molar-refractivity contribution in [3.63, 3.8) is 0 Å². The molecule has 0 atom stereocenters. The number of aryl methyl sites for hydroxylation is 1. The molecule has 1 aromatic carbocycles. The minimum absolute atomic E-state index is 0.249. The molecule has 2 N–H and O–H groups in total. The Balaban J connectivity index is 2.18. The highest BCUT2D eigenvalue weighted by atomic mass is 32.2. The zero-order valence-corrected chi connectivity index (χ0v) is 12.3. The number of para-hydroxylation sites is 1. The molecule has 0 radical (unpaired) electrons. The molecule has 5 nitrogen and oxygen atoms in total. The highest BCUT2D eigenvalue weighted by molar-refractivity contribution is 7.89. The van der Waals surface area contributed by atoms with Crippen molar-refractivity contribution in [1.29, 1.82) is 0 Å². The Morgan fingerprint density at radius 2 is 2.05 bits per heavy atom. The van der Waals surface area contributed by atoms with Gasteiger partial charge in [0, 0.05) is 24.7 Å². The predicted octanol–water partition coefficient (Wildman–Crippen LogP) is 1.97. The van der Waals surface area contributed by atoms with Crippen LogP contribution in [0.4, 0.5) is 5.69 Å². The first-order valence-corrected chi connectivity index (χ1v) is 8.00. The molecule has 2 rings (SSSR count). The molecule has 0 bridgehead atoms. The topological polar surface area (TPSA) is 71.1 Å². The van der Waals surface area contributed by atoms with Crippen LogP contribution in [0.1, 0.15) is 9.88 Å². The van der Waals surface area contributed by atoms with Gasteiger partial charge in [0.25, 0.3) is 0 Å². The first-order valence-electron chi connectivity index (χ1n) is 5.70. The van der Waals surface area contributed by atoms with Crippen LogP contribution in [0.2, 0.25) is 0 Å². The molecule has 0 fully saturated rings. The molecule has 0 unspecified atom stereocenters. The van der Waals surface area contributed by atoms with Crippen LogP contribution in [-0.2, 0) is 16.6 Å². The summed E-state index contributed by atoms with van der Waals surface area (Å²) in [5.41, 5.74) is 0.579. The molecule has 0 spiro atoms. The molecule has 0 aliphatic carbocycles. The van der Waals surface area contributed by atoms with E-state index in [2.05, 4.69) is 15.0 Å². The maximum absolute atomic E-state index is 12.2. The van der Waals surface area contributed by atoms with Gasteiger partial charge < -0.3 is 5.32 Å². The van der Waals surface area contributed by atoms with E-state index in [4.69, 9.17) is 0 Å². The van der Waals surface area contributed by atoms with E-state index in [-0.39, 0.29) is 11.4 Å². The van der Waals surface area contributed by atoms with Gasteiger partial charge in [-0.15, -0.1) is 11.3 Å². The molecule has 0 aliphatic rings. The van der Waals surface area contributed by atoms with Crippen molar-refractivity contribution in [3.05, 3.63) is 40.3 Å². The molecule has 1 aromatic heterocycles. The zero-order chi connectivity index (χ0) is 13.9. The van der Waals surface area contributed by atoms with E-state index in [0.29, 0.717) is 5.69 Å². The summed E-state index contributed by atoms with van der Waals surface area (Å²) in [4.78, 5) is 5.24. The van der Waals surface area contributed by atoms with Gasteiger partial charge in [0.15, 0.2) is 0 Å². The molecule has 0 saturated heterocycles. The maximum atomic E-state index is 12.2. The number of sulfonamides is 1. The first kappa shape index (κ1) is 14.0. The van der Waals surface area contributed by atoms with E-state index in [0.717, 1.165) is 9.88 Å². The van der Waals surface area contributed by atoms with E-state index >= 15 is 0 Å². The second-order valence-electron chi connectivity index (χ2n) is 3.92. The monoisotopic (exact) mass is 297 g/mol.